The third-order valence-electron chi connectivity index (χ3n) is 1.41. The molecule has 0 aliphatic carbocycles. The van der Waals surface area contributed by atoms with E-state index in [1.807, 2.05) is 20.8 Å². The molecule has 0 saturated heterocycles. The van der Waals surface area contributed by atoms with Gasteiger partial charge >= 0.3 is 6.09 Å². The van der Waals surface area contributed by atoms with Crippen molar-refractivity contribution in [3.05, 3.63) is 0 Å². The summed E-state index contributed by atoms with van der Waals surface area (Å²) in [5.41, 5.74) is 5.27. The zero-order valence-corrected chi connectivity index (χ0v) is 9.94. The van der Waals surface area contributed by atoms with Crippen LogP contribution in [-0.4, -0.2) is 22.2 Å². The number of nitrogens with two attached hydrogens (primary N) is 1. The van der Waals surface area contributed by atoms with E-state index in [0.717, 1.165) is 0 Å². The van der Waals surface area contributed by atoms with Crippen LogP contribution >= 0.6 is 12.2 Å². The Morgan fingerprint density at radius 2 is 2.13 bits per heavy atom. The summed E-state index contributed by atoms with van der Waals surface area (Å²) < 4.78 is 0. The van der Waals surface area contributed by atoms with Crippen LogP contribution in [0.1, 0.15) is 27.2 Å². The molecular weight excluding hydrogens is 212 g/mol. The first-order chi connectivity index (χ1) is 6.72. The second kappa shape index (κ2) is 5.56. The fourth-order valence-electron chi connectivity index (χ4n) is 0.790. The highest BCUT2D eigenvalue weighted by molar-refractivity contribution is 7.80. The van der Waals surface area contributed by atoms with Crippen molar-refractivity contribution >= 4 is 23.3 Å². The fraction of sp³-hybridized carbons (Fsp3) is 0.600. The third kappa shape index (κ3) is 7.77. The molecule has 0 saturated carbocycles. The Kier molecular flexibility index (Phi) is 5.09. The third-order valence-corrected chi connectivity index (χ3v) is 1.70. The molecule has 0 aromatic carbocycles. The second-order valence-corrected chi connectivity index (χ2v) is 4.63. The minimum absolute atomic E-state index is 0.107. The van der Waals surface area contributed by atoms with E-state index < -0.39 is 12.1 Å². The first-order valence-corrected chi connectivity index (χ1v) is 4.92. The molecule has 4 N–H and O–H groups in total. The molecule has 0 aliphatic rings. The molecule has 0 heterocycles. The smallest absolute Gasteiger partial charge is 0.405 e. The van der Waals surface area contributed by atoms with Gasteiger partial charge in [-0.05, 0) is 20.8 Å². The standard InChI is InChI=1S/C10H16N2O2S/c1-10(2,3)6-4-5-7(8(11)15)12-9(13)14/h7,12H,5H2,1-3H3,(H2,11,15)(H,13,14). The van der Waals surface area contributed by atoms with Crippen LogP contribution in [0.4, 0.5) is 4.79 Å². The van der Waals surface area contributed by atoms with E-state index in [9.17, 15) is 4.79 Å². The van der Waals surface area contributed by atoms with Gasteiger partial charge in [-0.1, -0.05) is 18.1 Å². The molecule has 0 bridgehead atoms. The topological polar surface area (TPSA) is 75.3 Å². The Morgan fingerprint density at radius 3 is 2.47 bits per heavy atom. The SMILES string of the molecule is CC(C)(C)C#CCC(NC(=O)O)C(N)=S. The maximum Gasteiger partial charge on any atom is 0.405 e. The maximum absolute atomic E-state index is 10.4. The summed E-state index contributed by atoms with van der Waals surface area (Å²) >= 11 is 4.73. The van der Waals surface area contributed by atoms with Crippen LogP contribution in [0.5, 0.6) is 0 Å². The van der Waals surface area contributed by atoms with Crippen LogP contribution in [0.2, 0.25) is 0 Å². The van der Waals surface area contributed by atoms with Crippen LogP contribution in [0.15, 0.2) is 0 Å². The van der Waals surface area contributed by atoms with E-state index in [4.69, 9.17) is 23.1 Å². The van der Waals surface area contributed by atoms with Crippen LogP contribution < -0.4 is 11.1 Å². The van der Waals surface area contributed by atoms with Crippen molar-refractivity contribution in [2.24, 2.45) is 11.1 Å². The summed E-state index contributed by atoms with van der Waals surface area (Å²) in [4.78, 5) is 10.5. The number of carbonyl (C=O) groups is 1. The van der Waals surface area contributed by atoms with Gasteiger partial charge in [0.2, 0.25) is 0 Å². The summed E-state index contributed by atoms with van der Waals surface area (Å²) in [5, 5.41) is 10.7. The van der Waals surface area contributed by atoms with E-state index in [1.165, 1.54) is 0 Å². The van der Waals surface area contributed by atoms with Crippen LogP contribution in [0, 0.1) is 17.3 Å². The molecule has 0 spiro atoms. The summed E-state index contributed by atoms with van der Waals surface area (Å²) in [6.07, 6.45) is -0.843. The number of nitrogens with one attached hydrogen (secondary N) is 1. The zero-order valence-electron chi connectivity index (χ0n) is 9.13. The number of rotatable bonds is 3. The molecule has 0 radical (unpaired) electrons. The Bertz CT molecular complexity index is 310. The molecule has 84 valence electrons. The van der Waals surface area contributed by atoms with Crippen molar-refractivity contribution in [3.8, 4) is 11.8 Å². The van der Waals surface area contributed by atoms with Crippen molar-refractivity contribution < 1.29 is 9.90 Å². The first kappa shape index (κ1) is 13.7. The van der Waals surface area contributed by atoms with Crippen LogP contribution in [0.3, 0.4) is 0 Å². The Morgan fingerprint density at radius 1 is 1.60 bits per heavy atom. The summed E-state index contributed by atoms with van der Waals surface area (Å²) in [7, 11) is 0. The molecule has 1 amide bonds. The molecule has 0 aromatic rings. The van der Waals surface area contributed by atoms with Gasteiger partial charge in [-0.2, -0.15) is 0 Å². The lowest BCUT2D eigenvalue weighted by Crippen LogP contribution is -2.42. The van der Waals surface area contributed by atoms with Crippen LogP contribution in [-0.2, 0) is 0 Å². The molecule has 0 fully saturated rings. The Balaban J connectivity index is 4.36. The normalized spacial score (nSPS) is 12.2. The monoisotopic (exact) mass is 228 g/mol. The van der Waals surface area contributed by atoms with Crippen LogP contribution in [0.25, 0.3) is 0 Å². The van der Waals surface area contributed by atoms with Crippen molar-refractivity contribution in [1.82, 2.24) is 5.32 Å². The second-order valence-electron chi connectivity index (χ2n) is 4.16. The number of carboxylic acid groups (broad SMARTS) is 1. The summed E-state index contributed by atoms with van der Waals surface area (Å²) in [6, 6.07) is -0.577. The molecule has 0 aliphatic heterocycles. The maximum atomic E-state index is 10.4. The lowest BCUT2D eigenvalue weighted by Gasteiger charge is -2.12. The first-order valence-electron chi connectivity index (χ1n) is 4.51. The number of hydrogen-bond acceptors (Lipinski definition) is 2. The van der Waals surface area contributed by atoms with E-state index in [2.05, 4.69) is 17.2 Å². The van der Waals surface area contributed by atoms with E-state index in [1.54, 1.807) is 0 Å². The van der Waals surface area contributed by atoms with Gasteiger partial charge in [-0.3, -0.25) is 0 Å². The predicted octanol–water partition coefficient (Wildman–Crippen LogP) is 1.35. The van der Waals surface area contributed by atoms with Gasteiger partial charge in [0.1, 0.15) is 0 Å². The summed E-state index contributed by atoms with van der Waals surface area (Å²) in [5.74, 6) is 5.85. The quantitative estimate of drug-likeness (QED) is 0.503. The average molecular weight is 228 g/mol. The Labute approximate surface area is 95.2 Å². The largest absolute Gasteiger partial charge is 0.465 e. The predicted molar refractivity (Wildman–Crippen MR) is 63.6 cm³/mol. The van der Waals surface area contributed by atoms with Crippen molar-refractivity contribution in [3.63, 3.8) is 0 Å². The van der Waals surface area contributed by atoms with Gasteiger partial charge in [0, 0.05) is 11.8 Å². The van der Waals surface area contributed by atoms with Gasteiger partial charge < -0.3 is 16.2 Å². The fourth-order valence-corrected chi connectivity index (χ4v) is 0.932. The number of thiocarbonyl (C=S) groups is 1. The molecular formula is C10H16N2O2S. The van der Waals surface area contributed by atoms with E-state index in [0.29, 0.717) is 6.42 Å². The number of hydrogen-bond donors (Lipinski definition) is 3. The summed E-state index contributed by atoms with van der Waals surface area (Å²) in [6.45, 7) is 5.92. The highest BCUT2D eigenvalue weighted by Gasteiger charge is 2.13. The minimum Gasteiger partial charge on any atom is -0.465 e. The molecule has 1 unspecified atom stereocenters. The molecule has 1 atom stereocenters. The molecule has 4 nitrogen and oxygen atoms in total. The number of amides is 1. The van der Waals surface area contributed by atoms with Gasteiger partial charge in [0.25, 0.3) is 0 Å². The minimum atomic E-state index is -1.15. The van der Waals surface area contributed by atoms with Gasteiger partial charge in [0.15, 0.2) is 0 Å². The van der Waals surface area contributed by atoms with Crippen molar-refractivity contribution in [2.75, 3.05) is 0 Å². The highest BCUT2D eigenvalue weighted by atomic mass is 32.1. The Hall–Kier alpha value is -1.28. The lowest BCUT2D eigenvalue weighted by molar-refractivity contribution is 0.193. The molecule has 15 heavy (non-hydrogen) atoms. The average Bonchev–Trinajstić information content (AvgIpc) is 1.99. The van der Waals surface area contributed by atoms with E-state index in [-0.39, 0.29) is 10.4 Å². The van der Waals surface area contributed by atoms with Crippen molar-refractivity contribution in [1.29, 1.82) is 0 Å². The molecule has 0 rings (SSSR count). The van der Waals surface area contributed by atoms with Crippen molar-refractivity contribution in [2.45, 2.75) is 33.2 Å². The van der Waals surface area contributed by atoms with E-state index >= 15 is 0 Å². The highest BCUT2D eigenvalue weighted by Crippen LogP contribution is 2.10. The lowest BCUT2D eigenvalue weighted by atomic mass is 9.97. The van der Waals surface area contributed by atoms with Gasteiger partial charge in [-0.25, -0.2) is 4.79 Å². The zero-order chi connectivity index (χ0) is 12.1. The van der Waals surface area contributed by atoms with Gasteiger partial charge in [0.05, 0.1) is 11.0 Å². The van der Waals surface area contributed by atoms with Gasteiger partial charge in [-0.15, -0.1) is 5.92 Å². The molecule has 0 aromatic heterocycles. The molecule has 5 heteroatoms.